The van der Waals surface area contributed by atoms with Crippen molar-refractivity contribution >= 4 is 16.7 Å². The van der Waals surface area contributed by atoms with Crippen molar-refractivity contribution in [1.29, 1.82) is 0 Å². The number of hydrogen-bond donors (Lipinski definition) is 0. The van der Waals surface area contributed by atoms with E-state index in [1.807, 2.05) is 30.3 Å². The van der Waals surface area contributed by atoms with E-state index in [-0.39, 0.29) is 5.63 Å². The van der Waals surface area contributed by atoms with Crippen LogP contribution >= 0.6 is 0 Å². The Labute approximate surface area is 118 Å². The van der Waals surface area contributed by atoms with Crippen LogP contribution in [-0.2, 0) is 0 Å². The molecule has 2 atom stereocenters. The Morgan fingerprint density at radius 2 is 1.80 bits per heavy atom. The minimum atomic E-state index is -0.243. The lowest BCUT2D eigenvalue weighted by Gasteiger charge is -2.43. The maximum absolute atomic E-state index is 12.2. The highest BCUT2D eigenvalue weighted by Crippen LogP contribution is 2.22. The number of piperazine rings is 1. The van der Waals surface area contributed by atoms with Gasteiger partial charge in [0, 0.05) is 30.6 Å². The van der Waals surface area contributed by atoms with Crippen molar-refractivity contribution in [3.05, 3.63) is 40.8 Å². The van der Waals surface area contributed by atoms with E-state index >= 15 is 0 Å². The van der Waals surface area contributed by atoms with Crippen LogP contribution in [0, 0.1) is 0 Å². The molecule has 1 aliphatic rings. The molecule has 1 saturated heterocycles. The van der Waals surface area contributed by atoms with Gasteiger partial charge in [-0.1, -0.05) is 18.2 Å². The largest absolute Gasteiger partial charge is 0.421 e. The molecule has 1 aromatic carbocycles. The molecule has 3 rings (SSSR count). The van der Waals surface area contributed by atoms with Crippen LogP contribution in [-0.4, -0.2) is 37.1 Å². The Morgan fingerprint density at radius 3 is 2.50 bits per heavy atom. The van der Waals surface area contributed by atoms with Gasteiger partial charge >= 0.3 is 5.63 Å². The lowest BCUT2D eigenvalue weighted by Crippen LogP contribution is -2.55. The zero-order chi connectivity index (χ0) is 14.3. The molecule has 0 N–H and O–H groups in total. The first kappa shape index (κ1) is 13.2. The summed E-state index contributed by atoms with van der Waals surface area (Å²) in [5.74, 6) is 0. The molecule has 0 aliphatic carbocycles. The van der Waals surface area contributed by atoms with Crippen molar-refractivity contribution in [3.63, 3.8) is 0 Å². The van der Waals surface area contributed by atoms with Gasteiger partial charge in [-0.25, -0.2) is 4.79 Å². The monoisotopic (exact) mass is 272 g/mol. The summed E-state index contributed by atoms with van der Waals surface area (Å²) >= 11 is 0. The van der Waals surface area contributed by atoms with Gasteiger partial charge in [0.2, 0.25) is 0 Å². The predicted octanol–water partition coefficient (Wildman–Crippen LogP) is 2.32. The standard InChI is InChI=1S/C16H20N2O2/c1-11-9-18(10-12(2)17(11)3)14-8-13-6-4-5-7-15(13)20-16(14)19/h4-8,11-12H,9-10H2,1-3H3/t11-,12+. The first-order chi connectivity index (χ1) is 9.56. The Balaban J connectivity index is 2.02. The van der Waals surface area contributed by atoms with Crippen molar-refractivity contribution in [2.75, 3.05) is 25.0 Å². The van der Waals surface area contributed by atoms with Crippen molar-refractivity contribution in [1.82, 2.24) is 4.90 Å². The molecule has 1 fully saturated rings. The van der Waals surface area contributed by atoms with Gasteiger partial charge in [-0.05, 0) is 33.0 Å². The minimum Gasteiger partial charge on any atom is -0.421 e. The Bertz CT molecular complexity index is 667. The van der Waals surface area contributed by atoms with E-state index in [1.165, 1.54) is 0 Å². The average Bonchev–Trinajstić information content (AvgIpc) is 2.43. The Morgan fingerprint density at radius 1 is 1.15 bits per heavy atom. The molecule has 1 aliphatic heterocycles. The highest BCUT2D eigenvalue weighted by Gasteiger charge is 2.28. The summed E-state index contributed by atoms with van der Waals surface area (Å²) in [5, 5.41) is 0.973. The number of likely N-dealkylation sites (N-methyl/N-ethyl adjacent to an activating group) is 1. The molecule has 0 unspecified atom stereocenters. The third kappa shape index (κ3) is 2.20. The fourth-order valence-electron chi connectivity index (χ4n) is 2.87. The van der Waals surface area contributed by atoms with E-state index in [4.69, 9.17) is 4.42 Å². The first-order valence-corrected chi connectivity index (χ1v) is 7.06. The summed E-state index contributed by atoms with van der Waals surface area (Å²) in [5.41, 5.74) is 1.08. The molecule has 0 bridgehead atoms. The zero-order valence-corrected chi connectivity index (χ0v) is 12.2. The van der Waals surface area contributed by atoms with Crippen molar-refractivity contribution in [2.24, 2.45) is 0 Å². The van der Waals surface area contributed by atoms with Crippen LogP contribution in [0.1, 0.15) is 13.8 Å². The summed E-state index contributed by atoms with van der Waals surface area (Å²) in [4.78, 5) is 16.7. The number of nitrogens with zero attached hydrogens (tertiary/aromatic N) is 2. The van der Waals surface area contributed by atoms with Crippen LogP contribution in [0.2, 0.25) is 0 Å². The molecule has 2 aromatic rings. The Hall–Kier alpha value is -1.81. The number of hydrogen-bond acceptors (Lipinski definition) is 4. The number of benzene rings is 1. The molecule has 20 heavy (non-hydrogen) atoms. The minimum absolute atomic E-state index is 0.243. The smallest absolute Gasteiger partial charge is 0.360 e. The van der Waals surface area contributed by atoms with Crippen LogP contribution in [0.4, 0.5) is 5.69 Å². The highest BCUT2D eigenvalue weighted by molar-refractivity contribution is 5.79. The molecule has 0 radical (unpaired) electrons. The molecule has 2 heterocycles. The third-order valence-corrected chi connectivity index (χ3v) is 4.32. The average molecular weight is 272 g/mol. The Kier molecular flexibility index (Phi) is 3.26. The van der Waals surface area contributed by atoms with Gasteiger partial charge < -0.3 is 9.32 Å². The number of para-hydroxylation sites is 1. The fraction of sp³-hybridized carbons (Fsp3) is 0.438. The van der Waals surface area contributed by atoms with E-state index < -0.39 is 0 Å². The molecule has 106 valence electrons. The topological polar surface area (TPSA) is 36.7 Å². The molecule has 0 saturated carbocycles. The van der Waals surface area contributed by atoms with Crippen LogP contribution in [0.25, 0.3) is 11.0 Å². The van der Waals surface area contributed by atoms with Crippen molar-refractivity contribution in [3.8, 4) is 0 Å². The maximum atomic E-state index is 12.2. The van der Waals surface area contributed by atoms with E-state index in [1.54, 1.807) is 0 Å². The molecule has 1 aromatic heterocycles. The molecule has 4 nitrogen and oxygen atoms in total. The van der Waals surface area contributed by atoms with Crippen LogP contribution in [0.15, 0.2) is 39.5 Å². The van der Waals surface area contributed by atoms with Crippen molar-refractivity contribution < 1.29 is 4.42 Å². The van der Waals surface area contributed by atoms with Gasteiger partial charge in [-0.3, -0.25) is 4.90 Å². The summed E-state index contributed by atoms with van der Waals surface area (Å²) in [7, 11) is 2.13. The molecule has 0 spiro atoms. The summed E-state index contributed by atoms with van der Waals surface area (Å²) in [6.45, 7) is 6.07. The highest BCUT2D eigenvalue weighted by atomic mass is 16.4. The quantitative estimate of drug-likeness (QED) is 0.747. The molecule has 4 heteroatoms. The second-order valence-electron chi connectivity index (χ2n) is 5.73. The third-order valence-electron chi connectivity index (χ3n) is 4.32. The van der Waals surface area contributed by atoms with Crippen LogP contribution < -0.4 is 10.5 Å². The van der Waals surface area contributed by atoms with Gasteiger partial charge in [-0.2, -0.15) is 0 Å². The van der Waals surface area contributed by atoms with E-state index in [2.05, 4.69) is 30.7 Å². The SMILES string of the molecule is C[C@@H]1CN(c2cc3ccccc3oc2=O)C[C@H](C)N1C. The maximum Gasteiger partial charge on any atom is 0.360 e. The first-order valence-electron chi connectivity index (χ1n) is 7.06. The predicted molar refractivity (Wildman–Crippen MR) is 81.4 cm³/mol. The number of fused-ring (bicyclic) bond motifs is 1. The lowest BCUT2D eigenvalue weighted by atomic mass is 10.1. The second-order valence-corrected chi connectivity index (χ2v) is 5.73. The summed E-state index contributed by atoms with van der Waals surface area (Å²) < 4.78 is 5.43. The zero-order valence-electron chi connectivity index (χ0n) is 12.2. The van der Waals surface area contributed by atoms with Crippen molar-refractivity contribution in [2.45, 2.75) is 25.9 Å². The summed E-state index contributed by atoms with van der Waals surface area (Å²) in [6.07, 6.45) is 0. The molecule has 0 amide bonds. The van der Waals surface area contributed by atoms with Gasteiger partial charge in [-0.15, -0.1) is 0 Å². The number of rotatable bonds is 1. The molecular weight excluding hydrogens is 252 g/mol. The van der Waals surface area contributed by atoms with Crippen LogP contribution in [0.5, 0.6) is 0 Å². The number of anilines is 1. The fourth-order valence-corrected chi connectivity index (χ4v) is 2.87. The van der Waals surface area contributed by atoms with Gasteiger partial charge in [0.1, 0.15) is 11.3 Å². The summed E-state index contributed by atoms with van der Waals surface area (Å²) in [6, 6.07) is 10.4. The van der Waals surface area contributed by atoms with E-state index in [9.17, 15) is 4.79 Å². The molecular formula is C16H20N2O2. The van der Waals surface area contributed by atoms with Gasteiger partial charge in [0.25, 0.3) is 0 Å². The van der Waals surface area contributed by atoms with Gasteiger partial charge in [0.15, 0.2) is 0 Å². The van der Waals surface area contributed by atoms with E-state index in [0.717, 1.165) is 18.5 Å². The normalized spacial score (nSPS) is 24.2. The second kappa shape index (κ2) is 4.94. The van der Waals surface area contributed by atoms with Gasteiger partial charge in [0.05, 0.1) is 0 Å². The van der Waals surface area contributed by atoms with E-state index in [0.29, 0.717) is 23.4 Å². The van der Waals surface area contributed by atoms with Crippen LogP contribution in [0.3, 0.4) is 0 Å². The lowest BCUT2D eigenvalue weighted by molar-refractivity contribution is 0.169.